The molecule has 1 aromatic carbocycles. The summed E-state index contributed by atoms with van der Waals surface area (Å²) in [5, 5.41) is 10.6. The highest BCUT2D eigenvalue weighted by Crippen LogP contribution is 2.21. The lowest BCUT2D eigenvalue weighted by atomic mass is 10.1. The third-order valence-electron chi connectivity index (χ3n) is 3.28. The van der Waals surface area contributed by atoms with Crippen molar-refractivity contribution in [2.24, 2.45) is 0 Å². The predicted molar refractivity (Wildman–Crippen MR) is 72.4 cm³/mol. The molecule has 1 heterocycles. The summed E-state index contributed by atoms with van der Waals surface area (Å²) in [7, 11) is -3.31. The minimum absolute atomic E-state index is 0.0643. The Morgan fingerprint density at radius 3 is 2.53 bits per heavy atom. The van der Waals surface area contributed by atoms with E-state index in [1.54, 1.807) is 24.3 Å². The Morgan fingerprint density at radius 1 is 1.26 bits per heavy atom. The van der Waals surface area contributed by atoms with Crippen molar-refractivity contribution in [1.82, 2.24) is 0 Å². The number of carbonyl (C=O) groups excluding carboxylic acids is 1. The van der Waals surface area contributed by atoms with Gasteiger partial charge in [-0.15, -0.1) is 0 Å². The van der Waals surface area contributed by atoms with Gasteiger partial charge in [0.1, 0.15) is 5.25 Å². The number of anilines is 1. The zero-order chi connectivity index (χ0) is 13.9. The van der Waals surface area contributed by atoms with Gasteiger partial charge in [0.2, 0.25) is 5.91 Å². The highest BCUT2D eigenvalue weighted by Gasteiger charge is 2.34. The molecule has 0 aromatic heterocycles. The van der Waals surface area contributed by atoms with Crippen LogP contribution in [-0.4, -0.2) is 30.4 Å². The Labute approximate surface area is 112 Å². The number of nitrogens with one attached hydrogen (secondary N) is 1. The fraction of sp³-hybridized carbons (Fsp3) is 0.462. The molecule has 0 bridgehead atoms. The highest BCUT2D eigenvalue weighted by molar-refractivity contribution is 7.92. The maximum absolute atomic E-state index is 12.0. The van der Waals surface area contributed by atoms with Crippen LogP contribution in [0.15, 0.2) is 24.3 Å². The first-order valence-corrected chi connectivity index (χ1v) is 7.97. The SMILES string of the molecule is O=C(Nc1ccc(CO)cc1)C1CCCCS1(=O)=O. The molecule has 1 aliphatic rings. The smallest absolute Gasteiger partial charge is 0.242 e. The van der Waals surface area contributed by atoms with Crippen molar-refractivity contribution < 1.29 is 18.3 Å². The van der Waals surface area contributed by atoms with E-state index in [2.05, 4.69) is 5.32 Å². The zero-order valence-electron chi connectivity index (χ0n) is 10.5. The van der Waals surface area contributed by atoms with Gasteiger partial charge in [0.15, 0.2) is 9.84 Å². The van der Waals surface area contributed by atoms with Crippen LogP contribution in [0, 0.1) is 0 Å². The molecular weight excluding hydrogens is 266 g/mol. The molecule has 2 rings (SSSR count). The van der Waals surface area contributed by atoms with Crippen LogP contribution in [0.5, 0.6) is 0 Å². The lowest BCUT2D eigenvalue weighted by molar-refractivity contribution is -0.116. The van der Waals surface area contributed by atoms with Gasteiger partial charge in [0.25, 0.3) is 0 Å². The van der Waals surface area contributed by atoms with E-state index >= 15 is 0 Å². The molecule has 0 spiro atoms. The molecule has 1 saturated heterocycles. The van der Waals surface area contributed by atoms with Crippen molar-refractivity contribution in [3.05, 3.63) is 29.8 Å². The van der Waals surface area contributed by atoms with Gasteiger partial charge in [-0.25, -0.2) is 8.42 Å². The molecule has 0 radical (unpaired) electrons. The topological polar surface area (TPSA) is 83.5 Å². The van der Waals surface area contributed by atoms with Gasteiger partial charge >= 0.3 is 0 Å². The van der Waals surface area contributed by atoms with Crippen LogP contribution >= 0.6 is 0 Å². The quantitative estimate of drug-likeness (QED) is 0.869. The number of amides is 1. The van der Waals surface area contributed by atoms with E-state index in [-0.39, 0.29) is 12.4 Å². The molecule has 1 fully saturated rings. The minimum Gasteiger partial charge on any atom is -0.392 e. The third-order valence-corrected chi connectivity index (χ3v) is 5.45. The third kappa shape index (κ3) is 3.33. The first-order valence-electron chi connectivity index (χ1n) is 6.25. The molecule has 1 atom stereocenters. The molecule has 1 unspecified atom stereocenters. The van der Waals surface area contributed by atoms with E-state index in [0.717, 1.165) is 12.0 Å². The number of sulfone groups is 1. The molecule has 0 saturated carbocycles. The zero-order valence-corrected chi connectivity index (χ0v) is 11.3. The monoisotopic (exact) mass is 283 g/mol. The molecule has 1 aliphatic heterocycles. The van der Waals surface area contributed by atoms with Crippen LogP contribution in [-0.2, 0) is 21.2 Å². The Bertz CT molecular complexity index is 551. The largest absolute Gasteiger partial charge is 0.392 e. The molecule has 104 valence electrons. The molecule has 1 amide bonds. The highest BCUT2D eigenvalue weighted by atomic mass is 32.2. The standard InChI is InChI=1S/C13H17NO4S/c15-9-10-4-6-11(7-5-10)14-13(16)12-3-1-2-8-19(12,17)18/h4-7,12,15H,1-3,8-9H2,(H,14,16). The van der Waals surface area contributed by atoms with Gasteiger partial charge < -0.3 is 10.4 Å². The summed E-state index contributed by atoms with van der Waals surface area (Å²) in [5.41, 5.74) is 1.28. The predicted octanol–water partition coefficient (Wildman–Crippen LogP) is 1.08. The van der Waals surface area contributed by atoms with Crippen LogP contribution in [0.1, 0.15) is 24.8 Å². The Morgan fingerprint density at radius 2 is 1.95 bits per heavy atom. The summed E-state index contributed by atoms with van der Waals surface area (Å²) in [5.74, 6) is -0.370. The summed E-state index contributed by atoms with van der Waals surface area (Å²) in [6, 6.07) is 6.67. The van der Waals surface area contributed by atoms with Crippen molar-refractivity contribution in [3.63, 3.8) is 0 Å². The molecule has 2 N–H and O–H groups in total. The molecule has 0 aliphatic carbocycles. The minimum atomic E-state index is -3.31. The number of hydrogen-bond donors (Lipinski definition) is 2. The van der Waals surface area contributed by atoms with E-state index in [0.29, 0.717) is 18.5 Å². The van der Waals surface area contributed by atoms with Gasteiger partial charge in [-0.05, 0) is 30.5 Å². The van der Waals surface area contributed by atoms with Gasteiger partial charge in [0.05, 0.1) is 12.4 Å². The number of rotatable bonds is 3. The number of benzene rings is 1. The lowest BCUT2D eigenvalue weighted by Gasteiger charge is -2.21. The molecule has 6 heteroatoms. The summed E-state index contributed by atoms with van der Waals surface area (Å²) >= 11 is 0. The first-order chi connectivity index (χ1) is 9.03. The van der Waals surface area contributed by atoms with Gasteiger partial charge in [-0.1, -0.05) is 18.6 Å². The number of hydrogen-bond acceptors (Lipinski definition) is 4. The Balaban J connectivity index is 2.07. The van der Waals surface area contributed by atoms with Crippen molar-refractivity contribution in [3.8, 4) is 0 Å². The van der Waals surface area contributed by atoms with Crippen molar-refractivity contribution >= 4 is 21.4 Å². The Hall–Kier alpha value is -1.40. The van der Waals surface area contributed by atoms with Gasteiger partial charge in [-0.3, -0.25) is 4.79 Å². The molecule has 19 heavy (non-hydrogen) atoms. The van der Waals surface area contributed by atoms with E-state index in [1.165, 1.54) is 0 Å². The van der Waals surface area contributed by atoms with Crippen molar-refractivity contribution in [1.29, 1.82) is 0 Å². The van der Waals surface area contributed by atoms with E-state index < -0.39 is 21.0 Å². The number of aliphatic hydroxyl groups is 1. The fourth-order valence-electron chi connectivity index (χ4n) is 2.17. The van der Waals surface area contributed by atoms with Gasteiger partial charge in [0, 0.05) is 5.69 Å². The van der Waals surface area contributed by atoms with Crippen LogP contribution in [0.3, 0.4) is 0 Å². The second kappa shape index (κ2) is 5.71. The van der Waals surface area contributed by atoms with Crippen LogP contribution in [0.25, 0.3) is 0 Å². The average Bonchev–Trinajstić information content (AvgIpc) is 2.39. The lowest BCUT2D eigenvalue weighted by Crippen LogP contribution is -2.39. The van der Waals surface area contributed by atoms with Crippen LogP contribution < -0.4 is 5.32 Å². The van der Waals surface area contributed by atoms with Crippen LogP contribution in [0.4, 0.5) is 5.69 Å². The second-order valence-electron chi connectivity index (χ2n) is 4.70. The van der Waals surface area contributed by atoms with Crippen molar-refractivity contribution in [2.75, 3.05) is 11.1 Å². The summed E-state index contributed by atoms with van der Waals surface area (Å²) in [6.07, 6.45) is 1.79. The maximum Gasteiger partial charge on any atom is 0.242 e. The fourth-order valence-corrected chi connectivity index (χ4v) is 3.97. The Kier molecular flexibility index (Phi) is 4.21. The average molecular weight is 283 g/mol. The molecule has 1 aromatic rings. The number of aliphatic hydroxyl groups excluding tert-OH is 1. The van der Waals surface area contributed by atoms with E-state index in [1.807, 2.05) is 0 Å². The van der Waals surface area contributed by atoms with E-state index in [9.17, 15) is 13.2 Å². The molecule has 5 nitrogen and oxygen atoms in total. The first kappa shape index (κ1) is 14.0. The summed E-state index contributed by atoms with van der Waals surface area (Å²) < 4.78 is 23.6. The summed E-state index contributed by atoms with van der Waals surface area (Å²) in [6.45, 7) is -0.0643. The maximum atomic E-state index is 12.0. The normalized spacial score (nSPS) is 21.8. The number of carbonyl (C=O) groups is 1. The second-order valence-corrected chi connectivity index (χ2v) is 7.00. The van der Waals surface area contributed by atoms with Gasteiger partial charge in [-0.2, -0.15) is 0 Å². The molecular formula is C13H17NO4S. The van der Waals surface area contributed by atoms with Crippen LogP contribution in [0.2, 0.25) is 0 Å². The van der Waals surface area contributed by atoms with E-state index in [4.69, 9.17) is 5.11 Å². The summed E-state index contributed by atoms with van der Waals surface area (Å²) in [4.78, 5) is 12.0. The van der Waals surface area contributed by atoms with Crippen molar-refractivity contribution in [2.45, 2.75) is 31.1 Å².